The molecule has 0 N–H and O–H groups in total. The molecule has 0 heterocycles. The lowest BCUT2D eigenvalue weighted by molar-refractivity contribution is 0.115. The molecule has 0 amide bonds. The molecule has 0 bridgehead atoms. The highest BCUT2D eigenvalue weighted by molar-refractivity contribution is 5.22. The summed E-state index contributed by atoms with van der Waals surface area (Å²) in [6.45, 7) is 2.09. The average molecular weight is 318 g/mol. The molecular weight excluding hydrogens is 290 g/mol. The minimum absolute atomic E-state index is 0.348. The fourth-order valence-corrected chi connectivity index (χ4v) is 4.86. The highest BCUT2D eigenvalue weighted by Gasteiger charge is 2.35. The molecule has 4 unspecified atom stereocenters. The maximum Gasteiger partial charge on any atom is 0.126 e. The first kappa shape index (κ1) is 16.7. The molecular formula is C21H28F2. The summed E-state index contributed by atoms with van der Waals surface area (Å²) in [5.74, 6) is 1.97. The smallest absolute Gasteiger partial charge is 0.126 e. The SMILES string of the molecule is C/C=C/CCC1CCC2CC(c3cc(F)cc(F)c3)CCC2C1. The summed E-state index contributed by atoms with van der Waals surface area (Å²) in [6, 6.07) is 4.05. The lowest BCUT2D eigenvalue weighted by Crippen LogP contribution is -2.30. The van der Waals surface area contributed by atoms with Crippen LogP contribution in [-0.2, 0) is 0 Å². The van der Waals surface area contributed by atoms with Crippen molar-refractivity contribution in [3.8, 4) is 0 Å². The number of fused-ring (bicyclic) bond motifs is 1. The largest absolute Gasteiger partial charge is 0.207 e. The van der Waals surface area contributed by atoms with Gasteiger partial charge in [0, 0.05) is 6.07 Å². The number of allylic oxidation sites excluding steroid dienone is 2. The van der Waals surface area contributed by atoms with Gasteiger partial charge in [-0.2, -0.15) is 0 Å². The van der Waals surface area contributed by atoms with Gasteiger partial charge >= 0.3 is 0 Å². The highest BCUT2D eigenvalue weighted by Crippen LogP contribution is 2.48. The van der Waals surface area contributed by atoms with Crippen molar-refractivity contribution in [3.05, 3.63) is 47.5 Å². The maximum absolute atomic E-state index is 13.5. The van der Waals surface area contributed by atoms with Gasteiger partial charge in [-0.05, 0) is 93.2 Å². The van der Waals surface area contributed by atoms with Crippen molar-refractivity contribution in [1.29, 1.82) is 0 Å². The molecule has 2 fully saturated rings. The van der Waals surface area contributed by atoms with Crippen LogP contribution < -0.4 is 0 Å². The van der Waals surface area contributed by atoms with Gasteiger partial charge in [-0.3, -0.25) is 0 Å². The predicted octanol–water partition coefficient (Wildman–Crippen LogP) is 6.62. The van der Waals surface area contributed by atoms with Gasteiger partial charge in [0.05, 0.1) is 0 Å². The van der Waals surface area contributed by atoms with Crippen molar-refractivity contribution in [2.45, 2.75) is 64.2 Å². The van der Waals surface area contributed by atoms with E-state index < -0.39 is 11.6 Å². The Morgan fingerprint density at radius 2 is 1.65 bits per heavy atom. The van der Waals surface area contributed by atoms with Crippen LogP contribution in [0.1, 0.15) is 69.8 Å². The minimum Gasteiger partial charge on any atom is -0.207 e. The molecule has 0 saturated heterocycles. The number of benzene rings is 1. The van der Waals surface area contributed by atoms with Gasteiger partial charge < -0.3 is 0 Å². The van der Waals surface area contributed by atoms with Crippen LogP contribution >= 0.6 is 0 Å². The molecule has 1 aromatic rings. The Morgan fingerprint density at radius 1 is 0.957 bits per heavy atom. The van der Waals surface area contributed by atoms with Gasteiger partial charge in [0.1, 0.15) is 11.6 Å². The van der Waals surface area contributed by atoms with Gasteiger partial charge in [0.25, 0.3) is 0 Å². The molecule has 2 aliphatic carbocycles. The second-order valence-electron chi connectivity index (χ2n) is 7.56. The summed E-state index contributed by atoms with van der Waals surface area (Å²) in [7, 11) is 0. The second-order valence-corrected chi connectivity index (χ2v) is 7.56. The third kappa shape index (κ3) is 4.22. The highest BCUT2D eigenvalue weighted by atomic mass is 19.1. The van der Waals surface area contributed by atoms with Crippen LogP contribution in [0.15, 0.2) is 30.4 Å². The zero-order valence-electron chi connectivity index (χ0n) is 14.1. The van der Waals surface area contributed by atoms with Crippen LogP contribution in [0, 0.1) is 29.4 Å². The van der Waals surface area contributed by atoms with Crippen LogP contribution in [0.25, 0.3) is 0 Å². The summed E-state index contributed by atoms with van der Waals surface area (Å²) in [4.78, 5) is 0. The summed E-state index contributed by atoms with van der Waals surface area (Å²) in [5, 5.41) is 0. The molecule has 0 nitrogen and oxygen atoms in total. The molecule has 1 aromatic carbocycles. The van der Waals surface area contributed by atoms with Crippen molar-refractivity contribution in [3.63, 3.8) is 0 Å². The summed E-state index contributed by atoms with van der Waals surface area (Å²) < 4.78 is 26.9. The van der Waals surface area contributed by atoms with Crippen LogP contribution in [-0.4, -0.2) is 0 Å². The van der Waals surface area contributed by atoms with E-state index in [9.17, 15) is 8.78 Å². The van der Waals surface area contributed by atoms with Crippen molar-refractivity contribution >= 4 is 0 Å². The normalized spacial score (nSPS) is 31.3. The van der Waals surface area contributed by atoms with Crippen molar-refractivity contribution < 1.29 is 8.78 Å². The van der Waals surface area contributed by atoms with E-state index in [1.165, 1.54) is 50.7 Å². The predicted molar refractivity (Wildman–Crippen MR) is 91.3 cm³/mol. The fourth-order valence-electron chi connectivity index (χ4n) is 4.86. The lowest BCUT2D eigenvalue weighted by atomic mass is 9.63. The number of rotatable bonds is 4. The summed E-state index contributed by atoms with van der Waals surface area (Å²) >= 11 is 0. The van der Waals surface area contributed by atoms with Gasteiger partial charge in [-0.1, -0.05) is 18.6 Å². The van der Waals surface area contributed by atoms with E-state index in [1.807, 2.05) is 0 Å². The van der Waals surface area contributed by atoms with Crippen LogP contribution in [0.2, 0.25) is 0 Å². The average Bonchev–Trinajstić information content (AvgIpc) is 2.53. The second kappa shape index (κ2) is 7.59. The first-order valence-electron chi connectivity index (χ1n) is 9.23. The minimum atomic E-state index is -0.435. The number of hydrogen-bond donors (Lipinski definition) is 0. The zero-order chi connectivity index (χ0) is 16.2. The molecule has 3 rings (SSSR count). The molecule has 2 saturated carbocycles. The summed E-state index contributed by atoms with van der Waals surface area (Å²) in [6.07, 6.45) is 14.4. The van der Waals surface area contributed by atoms with Crippen molar-refractivity contribution in [2.75, 3.05) is 0 Å². The molecule has 23 heavy (non-hydrogen) atoms. The van der Waals surface area contributed by atoms with Gasteiger partial charge in [0.2, 0.25) is 0 Å². The molecule has 0 aliphatic heterocycles. The van der Waals surface area contributed by atoms with E-state index in [4.69, 9.17) is 0 Å². The molecule has 126 valence electrons. The van der Waals surface area contributed by atoms with Gasteiger partial charge in [-0.25, -0.2) is 8.78 Å². The van der Waals surface area contributed by atoms with E-state index in [0.717, 1.165) is 42.2 Å². The Balaban J connectivity index is 1.58. The van der Waals surface area contributed by atoms with Crippen LogP contribution in [0.5, 0.6) is 0 Å². The van der Waals surface area contributed by atoms with Crippen LogP contribution in [0.4, 0.5) is 8.78 Å². The first-order valence-corrected chi connectivity index (χ1v) is 9.23. The Morgan fingerprint density at radius 3 is 2.39 bits per heavy atom. The van der Waals surface area contributed by atoms with Gasteiger partial charge in [0.15, 0.2) is 0 Å². The Kier molecular flexibility index (Phi) is 5.50. The molecule has 0 spiro atoms. The molecule has 2 aliphatic rings. The number of hydrogen-bond acceptors (Lipinski definition) is 0. The molecule has 0 radical (unpaired) electrons. The topological polar surface area (TPSA) is 0 Å². The standard InChI is InChI=1S/C21H28F2/c1-2-3-4-5-15-6-7-17-11-18(9-8-16(17)10-15)19-12-20(22)14-21(23)13-19/h2-3,12-18H,4-11H2,1H3/b3-2+. The monoisotopic (exact) mass is 318 g/mol. The Hall–Kier alpha value is -1.18. The lowest BCUT2D eigenvalue weighted by Gasteiger charge is -2.42. The fraction of sp³-hybridized carbons (Fsp3) is 0.619. The van der Waals surface area contributed by atoms with Crippen molar-refractivity contribution in [1.82, 2.24) is 0 Å². The first-order chi connectivity index (χ1) is 11.2. The Labute approximate surface area is 139 Å². The Bertz CT molecular complexity index is 529. The molecule has 4 atom stereocenters. The third-order valence-corrected chi connectivity index (χ3v) is 6.06. The maximum atomic E-state index is 13.5. The van der Waals surface area contributed by atoms with Crippen molar-refractivity contribution in [2.24, 2.45) is 17.8 Å². The van der Waals surface area contributed by atoms with E-state index in [2.05, 4.69) is 19.1 Å². The van der Waals surface area contributed by atoms with E-state index in [0.29, 0.717) is 5.92 Å². The molecule has 0 aromatic heterocycles. The van der Waals surface area contributed by atoms with E-state index in [1.54, 1.807) is 0 Å². The zero-order valence-corrected chi connectivity index (χ0v) is 14.1. The third-order valence-electron chi connectivity index (χ3n) is 6.06. The van der Waals surface area contributed by atoms with Crippen LogP contribution in [0.3, 0.4) is 0 Å². The number of halogens is 2. The van der Waals surface area contributed by atoms with E-state index in [-0.39, 0.29) is 0 Å². The quantitative estimate of drug-likeness (QED) is 0.547. The van der Waals surface area contributed by atoms with E-state index >= 15 is 0 Å². The molecule has 2 heteroatoms. The summed E-state index contributed by atoms with van der Waals surface area (Å²) in [5.41, 5.74) is 0.871. The van der Waals surface area contributed by atoms with Gasteiger partial charge in [-0.15, -0.1) is 0 Å².